The number of hydrogen-bond acceptors (Lipinski definition) is 4. The minimum Gasteiger partial charge on any atom is -0.373 e. The predicted molar refractivity (Wildman–Crippen MR) is 70.3 cm³/mol. The highest BCUT2D eigenvalue weighted by Gasteiger charge is 2.07. The zero-order chi connectivity index (χ0) is 12.8. The van der Waals surface area contributed by atoms with Gasteiger partial charge in [-0.25, -0.2) is 4.68 Å². The van der Waals surface area contributed by atoms with Gasteiger partial charge in [0.15, 0.2) is 0 Å². The summed E-state index contributed by atoms with van der Waals surface area (Å²) in [6.45, 7) is 5.45. The molecule has 5 heteroatoms. The first kappa shape index (κ1) is 13.7. The van der Waals surface area contributed by atoms with Crippen molar-refractivity contribution in [3.63, 3.8) is 0 Å². The SMILES string of the molecule is CCCC(N)Cn1ncc(N(C)CC)cc1=O. The molecule has 17 heavy (non-hydrogen) atoms. The maximum Gasteiger partial charge on any atom is 0.268 e. The van der Waals surface area contributed by atoms with Gasteiger partial charge in [0.1, 0.15) is 0 Å². The molecule has 1 aromatic rings. The number of nitrogens with two attached hydrogens (primary N) is 1. The van der Waals surface area contributed by atoms with Gasteiger partial charge < -0.3 is 10.6 Å². The molecule has 1 aromatic heterocycles. The molecule has 0 spiro atoms. The fraction of sp³-hybridized carbons (Fsp3) is 0.667. The van der Waals surface area contributed by atoms with Crippen LogP contribution < -0.4 is 16.2 Å². The van der Waals surface area contributed by atoms with Crippen LogP contribution in [0.15, 0.2) is 17.1 Å². The maximum absolute atomic E-state index is 11.8. The fourth-order valence-corrected chi connectivity index (χ4v) is 1.64. The molecule has 0 aliphatic rings. The van der Waals surface area contributed by atoms with E-state index >= 15 is 0 Å². The Morgan fingerprint density at radius 2 is 2.24 bits per heavy atom. The number of aromatic nitrogens is 2. The smallest absolute Gasteiger partial charge is 0.268 e. The molecule has 2 N–H and O–H groups in total. The van der Waals surface area contributed by atoms with Crippen LogP contribution in [0.3, 0.4) is 0 Å². The molecule has 0 bridgehead atoms. The van der Waals surface area contributed by atoms with Gasteiger partial charge in [-0.3, -0.25) is 4.79 Å². The van der Waals surface area contributed by atoms with Gasteiger partial charge in [-0.2, -0.15) is 5.10 Å². The molecular weight excluding hydrogens is 216 g/mol. The third kappa shape index (κ3) is 3.85. The van der Waals surface area contributed by atoms with Crippen molar-refractivity contribution in [2.75, 3.05) is 18.5 Å². The molecule has 5 nitrogen and oxygen atoms in total. The lowest BCUT2D eigenvalue weighted by molar-refractivity contribution is 0.465. The van der Waals surface area contributed by atoms with Crippen LogP contribution in [0.5, 0.6) is 0 Å². The average molecular weight is 238 g/mol. The van der Waals surface area contributed by atoms with Crippen LogP contribution in [0, 0.1) is 0 Å². The third-order valence-corrected chi connectivity index (χ3v) is 2.84. The monoisotopic (exact) mass is 238 g/mol. The first-order valence-electron chi connectivity index (χ1n) is 6.12. The van der Waals surface area contributed by atoms with Crippen LogP contribution in [0.1, 0.15) is 26.7 Å². The number of rotatable bonds is 6. The molecule has 1 heterocycles. The van der Waals surface area contributed by atoms with E-state index in [1.54, 1.807) is 12.3 Å². The van der Waals surface area contributed by atoms with E-state index in [0.717, 1.165) is 25.1 Å². The largest absolute Gasteiger partial charge is 0.373 e. The van der Waals surface area contributed by atoms with Gasteiger partial charge in [0, 0.05) is 25.7 Å². The number of anilines is 1. The Morgan fingerprint density at radius 1 is 1.53 bits per heavy atom. The number of nitrogens with zero attached hydrogens (tertiary/aromatic N) is 3. The Balaban J connectivity index is 2.80. The van der Waals surface area contributed by atoms with E-state index in [9.17, 15) is 4.79 Å². The fourth-order valence-electron chi connectivity index (χ4n) is 1.64. The highest BCUT2D eigenvalue weighted by molar-refractivity contribution is 5.41. The third-order valence-electron chi connectivity index (χ3n) is 2.84. The van der Waals surface area contributed by atoms with E-state index in [-0.39, 0.29) is 11.6 Å². The molecule has 0 saturated heterocycles. The van der Waals surface area contributed by atoms with Gasteiger partial charge in [-0.1, -0.05) is 13.3 Å². The van der Waals surface area contributed by atoms with Crippen molar-refractivity contribution >= 4 is 5.69 Å². The van der Waals surface area contributed by atoms with Gasteiger partial charge in [0.2, 0.25) is 0 Å². The van der Waals surface area contributed by atoms with E-state index in [2.05, 4.69) is 12.0 Å². The summed E-state index contributed by atoms with van der Waals surface area (Å²) in [4.78, 5) is 13.8. The summed E-state index contributed by atoms with van der Waals surface area (Å²) in [6, 6.07) is 1.61. The van der Waals surface area contributed by atoms with Gasteiger partial charge in [0.25, 0.3) is 5.56 Å². The first-order chi connectivity index (χ1) is 8.08. The lowest BCUT2D eigenvalue weighted by atomic mass is 10.2. The average Bonchev–Trinajstić information content (AvgIpc) is 2.31. The summed E-state index contributed by atoms with van der Waals surface area (Å²) in [6.07, 6.45) is 3.64. The maximum atomic E-state index is 11.8. The molecule has 1 rings (SSSR count). The Kier molecular flexibility index (Phi) is 5.15. The van der Waals surface area contributed by atoms with Crippen molar-refractivity contribution < 1.29 is 0 Å². The molecule has 0 amide bonds. The van der Waals surface area contributed by atoms with E-state index < -0.39 is 0 Å². The summed E-state index contributed by atoms with van der Waals surface area (Å²) >= 11 is 0. The Bertz CT molecular complexity index is 402. The van der Waals surface area contributed by atoms with Crippen LogP contribution in [0.4, 0.5) is 5.69 Å². The molecule has 0 saturated carbocycles. The van der Waals surface area contributed by atoms with Crippen LogP contribution in [0.2, 0.25) is 0 Å². The van der Waals surface area contributed by atoms with Gasteiger partial charge >= 0.3 is 0 Å². The lowest BCUT2D eigenvalue weighted by Crippen LogP contribution is -2.33. The van der Waals surface area contributed by atoms with Gasteiger partial charge in [0.05, 0.1) is 18.4 Å². The molecule has 1 atom stereocenters. The Labute approximate surface area is 102 Å². The predicted octanol–water partition coefficient (Wildman–Crippen LogP) is 0.827. The molecule has 1 unspecified atom stereocenters. The van der Waals surface area contributed by atoms with Crippen molar-refractivity contribution in [1.29, 1.82) is 0 Å². The zero-order valence-corrected chi connectivity index (χ0v) is 10.9. The van der Waals surface area contributed by atoms with Crippen molar-refractivity contribution in [2.24, 2.45) is 5.73 Å². The van der Waals surface area contributed by atoms with Gasteiger partial charge in [-0.15, -0.1) is 0 Å². The van der Waals surface area contributed by atoms with E-state index in [4.69, 9.17) is 5.73 Å². The van der Waals surface area contributed by atoms with Crippen LogP contribution in [0.25, 0.3) is 0 Å². The summed E-state index contributed by atoms with van der Waals surface area (Å²) in [5.41, 5.74) is 6.66. The summed E-state index contributed by atoms with van der Waals surface area (Å²) in [5, 5.41) is 4.15. The Morgan fingerprint density at radius 3 is 2.76 bits per heavy atom. The van der Waals surface area contributed by atoms with Gasteiger partial charge in [-0.05, 0) is 13.3 Å². The number of hydrogen-bond donors (Lipinski definition) is 1. The van der Waals surface area contributed by atoms with Crippen molar-refractivity contribution in [3.8, 4) is 0 Å². The summed E-state index contributed by atoms with van der Waals surface area (Å²) < 4.78 is 1.44. The topological polar surface area (TPSA) is 64.2 Å². The van der Waals surface area contributed by atoms with Crippen molar-refractivity contribution in [2.45, 2.75) is 39.3 Å². The second-order valence-electron chi connectivity index (χ2n) is 4.30. The van der Waals surface area contributed by atoms with Crippen molar-refractivity contribution in [1.82, 2.24) is 9.78 Å². The lowest BCUT2D eigenvalue weighted by Gasteiger charge is -2.17. The minimum atomic E-state index is -0.0886. The normalized spacial score (nSPS) is 12.5. The van der Waals surface area contributed by atoms with Crippen LogP contribution in [-0.2, 0) is 6.54 Å². The van der Waals surface area contributed by atoms with Crippen LogP contribution in [-0.4, -0.2) is 29.4 Å². The Hall–Kier alpha value is -1.36. The quantitative estimate of drug-likeness (QED) is 0.797. The molecule has 0 radical (unpaired) electrons. The first-order valence-corrected chi connectivity index (χ1v) is 6.12. The van der Waals surface area contributed by atoms with E-state index in [1.165, 1.54) is 4.68 Å². The summed E-state index contributed by atoms with van der Waals surface area (Å²) in [5.74, 6) is 0. The minimum absolute atomic E-state index is 0.0000419. The molecule has 0 fully saturated rings. The summed E-state index contributed by atoms with van der Waals surface area (Å²) in [7, 11) is 1.93. The standard InChI is InChI=1S/C12H22N4O/c1-4-6-10(13)9-16-12(17)7-11(8-14-16)15(3)5-2/h7-8,10H,4-6,9,13H2,1-3H3. The second-order valence-corrected chi connectivity index (χ2v) is 4.30. The highest BCUT2D eigenvalue weighted by atomic mass is 16.1. The highest BCUT2D eigenvalue weighted by Crippen LogP contribution is 2.06. The second kappa shape index (κ2) is 6.39. The molecule has 0 aliphatic carbocycles. The van der Waals surface area contributed by atoms with Crippen molar-refractivity contribution in [3.05, 3.63) is 22.6 Å². The molecular formula is C12H22N4O. The molecule has 96 valence electrons. The van der Waals surface area contributed by atoms with E-state index in [1.807, 2.05) is 18.9 Å². The zero-order valence-electron chi connectivity index (χ0n) is 10.9. The van der Waals surface area contributed by atoms with Crippen LogP contribution >= 0.6 is 0 Å². The molecule has 0 aromatic carbocycles. The van der Waals surface area contributed by atoms with E-state index in [0.29, 0.717) is 6.54 Å². The molecule has 0 aliphatic heterocycles.